The smallest absolute Gasteiger partial charge is 0.260 e. The Morgan fingerprint density at radius 2 is 0.768 bits per heavy atom. The van der Waals surface area contributed by atoms with Crippen molar-refractivity contribution in [1.82, 2.24) is 90.6 Å². The third kappa shape index (κ3) is 18.3. The van der Waals surface area contributed by atoms with Gasteiger partial charge in [0.2, 0.25) is 17.6 Å². The van der Waals surface area contributed by atoms with Gasteiger partial charge in [-0.15, -0.1) is 0 Å². The predicted molar refractivity (Wildman–Crippen MR) is 424 cm³/mol. The molecule has 3 saturated heterocycles. The van der Waals surface area contributed by atoms with Crippen LogP contribution in [0.25, 0.3) is 32.7 Å². The Labute approximate surface area is 644 Å². The van der Waals surface area contributed by atoms with Crippen LogP contribution in [0.5, 0.6) is 34.9 Å². The SMILES string of the molecule is CCN1CCN(Cc2ccc(Nc3ncnc(Oc4ccc5[nH]c(C)cc5c4F)c3C(=O)NC)cc2)CC1.CNC(=O)c1c(Nc2ccc(C(=O)N3CCN(C)CC3)cc2)ncnc1Oc1ccc2[nH]c(C)cc2c1F.CNC(=O)c1c(Nc2ccc(CN3CCNCC3)cc2)ncnc1Oc1ccc2[nH]c(C)cc2c1F. The number of nitrogens with one attached hydrogen (secondary N) is 10. The summed E-state index contributed by atoms with van der Waals surface area (Å²) in [6, 6.07) is 37.7. The zero-order chi connectivity index (χ0) is 78.5. The number of anilines is 6. The zero-order valence-electron chi connectivity index (χ0n) is 63.4. The average Bonchev–Trinajstić information content (AvgIpc) is 1.78. The quantitative estimate of drug-likeness (QED) is 0.0319. The number of hydrogen-bond acceptors (Lipinski definition) is 21. The molecule has 3 fully saturated rings. The van der Waals surface area contributed by atoms with Crippen LogP contribution in [-0.2, 0) is 13.1 Å². The number of hydrogen-bond donors (Lipinski definition) is 10. The van der Waals surface area contributed by atoms with Crippen molar-refractivity contribution in [2.45, 2.75) is 40.8 Å². The Morgan fingerprint density at radius 3 is 1.12 bits per heavy atom. The fourth-order valence-electron chi connectivity index (χ4n) is 13.4. The summed E-state index contributed by atoms with van der Waals surface area (Å²) in [5.41, 5.74) is 9.71. The first-order chi connectivity index (χ1) is 54.3. The first kappa shape index (κ1) is 77.6. The van der Waals surface area contributed by atoms with E-state index in [-0.39, 0.29) is 74.9 Å². The largest absolute Gasteiger partial charge is 0.435 e. The fraction of sp³-hybridized carbons (Fsp3) is 0.284. The van der Waals surface area contributed by atoms with Crippen LogP contribution in [0.4, 0.5) is 47.7 Å². The highest BCUT2D eigenvalue weighted by atomic mass is 19.1. The summed E-state index contributed by atoms with van der Waals surface area (Å²) in [5, 5.41) is 21.7. The highest BCUT2D eigenvalue weighted by Crippen LogP contribution is 2.38. The summed E-state index contributed by atoms with van der Waals surface area (Å²) in [5.74, 6) is -2.72. The van der Waals surface area contributed by atoms with Gasteiger partial charge in [0.1, 0.15) is 35.7 Å². The van der Waals surface area contributed by atoms with Gasteiger partial charge in [0, 0.05) is 185 Å². The van der Waals surface area contributed by atoms with Gasteiger partial charge < -0.3 is 81.1 Å². The topological polar surface area (TPSA) is 321 Å². The lowest BCUT2D eigenvalue weighted by molar-refractivity contribution is 0.0663. The van der Waals surface area contributed by atoms with Crippen LogP contribution in [0.2, 0.25) is 0 Å². The summed E-state index contributed by atoms with van der Waals surface area (Å²) in [7, 11) is 6.52. The van der Waals surface area contributed by atoms with Crippen molar-refractivity contribution in [1.29, 1.82) is 0 Å². The molecular weight excluding hydrogens is 1440 g/mol. The van der Waals surface area contributed by atoms with Gasteiger partial charge in [-0.05, 0) is 149 Å². The van der Waals surface area contributed by atoms with Gasteiger partial charge in [0.05, 0.1) is 0 Å². The molecule has 0 unspecified atom stereocenters. The van der Waals surface area contributed by atoms with E-state index < -0.39 is 35.2 Å². The van der Waals surface area contributed by atoms with E-state index in [0.29, 0.717) is 57.0 Å². The number of fused-ring (bicyclic) bond motifs is 3. The molecule has 0 aliphatic carbocycles. The molecule has 10 N–H and O–H groups in total. The molecule has 4 amide bonds. The maximum Gasteiger partial charge on any atom is 0.260 e. The van der Waals surface area contributed by atoms with Crippen molar-refractivity contribution >= 4 is 90.9 Å². The molecule has 31 heteroatoms. The van der Waals surface area contributed by atoms with Gasteiger partial charge in [-0.1, -0.05) is 31.2 Å². The van der Waals surface area contributed by atoms with Crippen LogP contribution in [0.3, 0.4) is 0 Å². The minimum Gasteiger partial charge on any atom is -0.435 e. The number of aryl methyl sites for hydroxylation is 3. The first-order valence-electron chi connectivity index (χ1n) is 36.8. The van der Waals surface area contributed by atoms with E-state index in [1.54, 1.807) is 60.7 Å². The van der Waals surface area contributed by atoms with E-state index in [0.717, 1.165) is 114 Å². The van der Waals surface area contributed by atoms with Crippen LogP contribution in [0.15, 0.2) is 146 Å². The van der Waals surface area contributed by atoms with Crippen molar-refractivity contribution in [3.05, 3.63) is 214 Å². The lowest BCUT2D eigenvalue weighted by Crippen LogP contribution is -2.47. The Hall–Kier alpha value is -12.6. The summed E-state index contributed by atoms with van der Waals surface area (Å²) in [6.45, 7) is 22.0. The third-order valence-electron chi connectivity index (χ3n) is 19.5. The number of likely N-dealkylation sites (N-methyl/N-ethyl adjacent to an activating group) is 2. The molecule has 28 nitrogen and oxygen atoms in total. The molecule has 3 aliphatic heterocycles. The third-order valence-corrected chi connectivity index (χ3v) is 19.5. The first-order valence-corrected chi connectivity index (χ1v) is 36.8. The van der Waals surface area contributed by atoms with E-state index in [2.05, 4.69) is 121 Å². The molecular formula is C81H88F3N21O7. The maximum absolute atomic E-state index is 15.2. The van der Waals surface area contributed by atoms with Gasteiger partial charge in [0.15, 0.2) is 52.2 Å². The van der Waals surface area contributed by atoms with Crippen molar-refractivity contribution in [2.24, 2.45) is 0 Å². The summed E-state index contributed by atoms with van der Waals surface area (Å²) in [6.07, 6.45) is 3.79. The van der Waals surface area contributed by atoms with Crippen LogP contribution in [0.1, 0.15) is 76.6 Å². The number of carbonyl (C=O) groups excluding carboxylic acids is 4. The molecule has 3 aliphatic rings. The summed E-state index contributed by atoms with van der Waals surface area (Å²) >= 11 is 0. The van der Waals surface area contributed by atoms with E-state index in [9.17, 15) is 19.2 Å². The van der Waals surface area contributed by atoms with Crippen LogP contribution in [0, 0.1) is 38.2 Å². The van der Waals surface area contributed by atoms with Gasteiger partial charge in [-0.25, -0.2) is 43.1 Å². The molecule has 15 rings (SSSR count). The maximum atomic E-state index is 15.2. The van der Waals surface area contributed by atoms with Crippen LogP contribution < -0.4 is 51.4 Å². The number of rotatable bonds is 21. The van der Waals surface area contributed by atoms with Crippen molar-refractivity contribution < 1.29 is 46.6 Å². The minimum atomic E-state index is -0.566. The predicted octanol–water partition coefficient (Wildman–Crippen LogP) is 11.8. The van der Waals surface area contributed by atoms with Crippen molar-refractivity contribution in [3.8, 4) is 34.9 Å². The van der Waals surface area contributed by atoms with Crippen LogP contribution >= 0.6 is 0 Å². The molecule has 0 saturated carbocycles. The minimum absolute atomic E-state index is 0.0114. The number of H-pyrrole nitrogens is 3. The van der Waals surface area contributed by atoms with Crippen molar-refractivity contribution in [3.63, 3.8) is 0 Å². The Balaban J connectivity index is 0.000000147. The molecule has 112 heavy (non-hydrogen) atoms. The Morgan fingerprint density at radius 1 is 0.429 bits per heavy atom. The van der Waals surface area contributed by atoms with Gasteiger partial charge >= 0.3 is 0 Å². The zero-order valence-corrected chi connectivity index (χ0v) is 63.4. The molecule has 12 aromatic rings. The number of nitrogens with zero attached hydrogens (tertiary/aromatic N) is 11. The number of aromatic amines is 3. The van der Waals surface area contributed by atoms with E-state index in [4.69, 9.17) is 14.2 Å². The summed E-state index contributed by atoms with van der Waals surface area (Å²) in [4.78, 5) is 97.0. The molecule has 0 bridgehead atoms. The summed E-state index contributed by atoms with van der Waals surface area (Å²) < 4.78 is 62.9. The fourth-order valence-corrected chi connectivity index (χ4v) is 13.4. The number of amides is 4. The number of aromatic nitrogens is 9. The molecule has 6 aromatic heterocycles. The Bertz CT molecular complexity index is 5350. The molecule has 0 radical (unpaired) electrons. The second-order valence-corrected chi connectivity index (χ2v) is 27.3. The van der Waals surface area contributed by atoms with Gasteiger partial charge in [0.25, 0.3) is 23.6 Å². The average molecular weight is 1520 g/mol. The number of ether oxygens (including phenoxy) is 3. The van der Waals surface area contributed by atoms with Gasteiger partial charge in [-0.2, -0.15) is 0 Å². The van der Waals surface area contributed by atoms with Crippen molar-refractivity contribution in [2.75, 3.05) is 129 Å². The monoisotopic (exact) mass is 1520 g/mol. The number of halogens is 3. The lowest BCUT2D eigenvalue weighted by Gasteiger charge is -2.34. The second kappa shape index (κ2) is 35.4. The molecule has 0 spiro atoms. The standard InChI is InChI=1S/C28H32FN7O2.C27H28FN7O3.C26H28FN7O2/c1-4-35-11-13-36(14-12-35)16-19-5-7-20(8-6-19)34-26-24(27(37)30-3)28(32-17-31-26)38-23-10-9-22-21(25(23)29)15-18(2)33-22;1-16-14-19-20(32-16)8-9-21(23(19)28)38-26-22(25(36)29-2)24(30-15-31-26)33-18-6-4-17(5-7-18)27(37)35-12-10-34(3)11-13-35;1-16-13-19-20(32-16)7-8-21(23(19)27)36-26-22(25(35)28-2)24(30-15-31-26)33-18-5-3-17(4-6-18)14-34-11-9-29-10-12-34/h5-10,15,17,33H,4,11-14,16H2,1-3H3,(H,30,37)(H,31,32,34);4-9,14-15,32H,10-13H2,1-3H3,(H,29,36)(H,30,31,33);3-8,13,15,29,32H,9-12,14H2,1-2H3,(H,28,35)(H,30,31,33). The second-order valence-electron chi connectivity index (χ2n) is 27.3. The Kier molecular flexibility index (Phi) is 24.5. The molecule has 9 heterocycles. The van der Waals surface area contributed by atoms with E-state index >= 15 is 13.2 Å². The van der Waals surface area contributed by atoms with E-state index in [1.807, 2.05) is 69.1 Å². The van der Waals surface area contributed by atoms with E-state index in [1.165, 1.54) is 69.5 Å². The number of benzene rings is 6. The van der Waals surface area contributed by atoms with Crippen LogP contribution in [-0.4, -0.2) is 206 Å². The molecule has 0 atom stereocenters. The number of piperazine rings is 3. The highest BCUT2D eigenvalue weighted by molar-refractivity contribution is 6.03. The van der Waals surface area contributed by atoms with Gasteiger partial charge in [-0.3, -0.25) is 29.0 Å². The number of carbonyl (C=O) groups is 4. The highest BCUT2D eigenvalue weighted by Gasteiger charge is 2.28. The normalized spacial score (nSPS) is 14.2. The molecule has 6 aromatic carbocycles. The molecule has 580 valence electrons. The lowest BCUT2D eigenvalue weighted by atomic mass is 10.1.